The van der Waals surface area contributed by atoms with E-state index in [1.165, 1.54) is 0 Å². The fourth-order valence-corrected chi connectivity index (χ4v) is 1.41. The highest BCUT2D eigenvalue weighted by atomic mass is 32.2. The minimum atomic E-state index is 0.603. The van der Waals surface area contributed by atoms with Crippen LogP contribution in [0.1, 0.15) is 6.42 Å². The summed E-state index contributed by atoms with van der Waals surface area (Å²) in [5.41, 5.74) is 0. The molecule has 0 saturated carbocycles. The van der Waals surface area contributed by atoms with Crippen molar-refractivity contribution >= 4 is 17.7 Å². The Kier molecular flexibility index (Phi) is 2.88. The van der Waals surface area contributed by atoms with Crippen LogP contribution in [0, 0.1) is 0 Å². The van der Waals surface area contributed by atoms with E-state index in [9.17, 15) is 0 Å². The largest absolute Gasteiger partial charge is 0.438 e. The van der Waals surface area contributed by atoms with Crippen molar-refractivity contribution in [2.45, 2.75) is 11.4 Å². The zero-order valence-electron chi connectivity index (χ0n) is 7.77. The standard InChI is InChI=1S/C9H10N2O2S/c1-14-9-3-2-7(6-10-9)13-8-4-5-12-11-8/h2-3,6H,4-5H2,1H3. The van der Waals surface area contributed by atoms with Crippen molar-refractivity contribution in [2.75, 3.05) is 12.9 Å². The van der Waals surface area contributed by atoms with Crippen LogP contribution in [0.15, 0.2) is 28.5 Å². The van der Waals surface area contributed by atoms with Gasteiger partial charge in [-0.25, -0.2) is 4.98 Å². The Balaban J connectivity index is 2.02. The van der Waals surface area contributed by atoms with Gasteiger partial charge in [-0.1, -0.05) is 5.16 Å². The first-order chi connectivity index (χ1) is 6.88. The van der Waals surface area contributed by atoms with E-state index in [0.717, 1.165) is 11.4 Å². The maximum absolute atomic E-state index is 5.43. The minimum Gasteiger partial charge on any atom is -0.438 e. The highest BCUT2D eigenvalue weighted by molar-refractivity contribution is 7.98. The summed E-state index contributed by atoms with van der Waals surface area (Å²) < 4.78 is 5.43. The number of aromatic nitrogens is 1. The summed E-state index contributed by atoms with van der Waals surface area (Å²) in [6.45, 7) is 0.603. The van der Waals surface area contributed by atoms with Gasteiger partial charge in [-0.3, -0.25) is 0 Å². The Bertz CT molecular complexity index is 337. The second-order valence-electron chi connectivity index (χ2n) is 2.71. The molecular formula is C9H10N2O2S. The average Bonchev–Trinajstić information content (AvgIpc) is 2.72. The Labute approximate surface area is 86.3 Å². The average molecular weight is 210 g/mol. The van der Waals surface area contributed by atoms with Crippen LogP contribution in [-0.4, -0.2) is 23.7 Å². The predicted octanol–water partition coefficient (Wildman–Crippen LogP) is 1.92. The van der Waals surface area contributed by atoms with Crippen LogP contribution in [0.3, 0.4) is 0 Å². The Morgan fingerprint density at radius 3 is 3.00 bits per heavy atom. The third-order valence-corrected chi connectivity index (χ3v) is 2.39. The molecule has 0 spiro atoms. The molecule has 0 N–H and O–H groups in total. The van der Waals surface area contributed by atoms with Crippen molar-refractivity contribution in [3.8, 4) is 5.75 Å². The lowest BCUT2D eigenvalue weighted by Gasteiger charge is -2.02. The number of hydrogen-bond acceptors (Lipinski definition) is 5. The third kappa shape index (κ3) is 2.17. The zero-order valence-corrected chi connectivity index (χ0v) is 8.58. The normalized spacial score (nSPS) is 14.8. The SMILES string of the molecule is CSc1ccc(OC2=NOCC2)cn1. The van der Waals surface area contributed by atoms with Gasteiger partial charge in [-0.05, 0) is 18.4 Å². The maximum atomic E-state index is 5.43. The third-order valence-electron chi connectivity index (χ3n) is 1.73. The predicted molar refractivity (Wildman–Crippen MR) is 54.7 cm³/mol. The number of rotatable bonds is 2. The van der Waals surface area contributed by atoms with Gasteiger partial charge in [0.2, 0.25) is 5.90 Å². The first-order valence-corrected chi connectivity index (χ1v) is 5.47. The van der Waals surface area contributed by atoms with E-state index in [4.69, 9.17) is 9.57 Å². The molecule has 2 heterocycles. The van der Waals surface area contributed by atoms with Crippen molar-refractivity contribution in [3.63, 3.8) is 0 Å². The molecule has 14 heavy (non-hydrogen) atoms. The molecule has 0 aromatic carbocycles. The van der Waals surface area contributed by atoms with E-state index in [0.29, 0.717) is 18.3 Å². The molecule has 0 bridgehead atoms. The zero-order chi connectivity index (χ0) is 9.80. The van der Waals surface area contributed by atoms with Gasteiger partial charge >= 0.3 is 0 Å². The van der Waals surface area contributed by atoms with E-state index in [2.05, 4.69) is 10.1 Å². The second-order valence-corrected chi connectivity index (χ2v) is 3.53. The van der Waals surface area contributed by atoms with Crippen LogP contribution in [-0.2, 0) is 4.84 Å². The smallest absolute Gasteiger partial charge is 0.234 e. The fourth-order valence-electron chi connectivity index (χ4n) is 1.05. The van der Waals surface area contributed by atoms with Gasteiger partial charge in [0.15, 0.2) is 0 Å². The summed E-state index contributed by atoms with van der Waals surface area (Å²) in [7, 11) is 0. The molecular weight excluding hydrogens is 200 g/mol. The van der Waals surface area contributed by atoms with Gasteiger partial charge in [-0.2, -0.15) is 0 Å². The molecule has 0 atom stereocenters. The Morgan fingerprint density at radius 1 is 1.50 bits per heavy atom. The van der Waals surface area contributed by atoms with Crippen molar-refractivity contribution in [3.05, 3.63) is 18.3 Å². The van der Waals surface area contributed by atoms with Gasteiger partial charge in [0.1, 0.15) is 12.4 Å². The number of nitrogens with zero attached hydrogens (tertiary/aromatic N) is 2. The lowest BCUT2D eigenvalue weighted by atomic mass is 10.4. The van der Waals surface area contributed by atoms with Gasteiger partial charge in [0, 0.05) is 0 Å². The molecule has 0 radical (unpaired) electrons. The van der Waals surface area contributed by atoms with Crippen molar-refractivity contribution in [2.24, 2.45) is 5.16 Å². The summed E-state index contributed by atoms with van der Waals surface area (Å²) in [5.74, 6) is 1.32. The number of pyridine rings is 1. The number of ether oxygens (including phenoxy) is 1. The highest BCUT2D eigenvalue weighted by Gasteiger charge is 2.10. The van der Waals surface area contributed by atoms with Crippen molar-refractivity contribution in [1.29, 1.82) is 0 Å². The van der Waals surface area contributed by atoms with E-state index >= 15 is 0 Å². The maximum Gasteiger partial charge on any atom is 0.234 e. The molecule has 0 saturated heterocycles. The number of oxime groups is 1. The summed E-state index contributed by atoms with van der Waals surface area (Å²) in [6, 6.07) is 3.79. The van der Waals surface area contributed by atoms with Crippen molar-refractivity contribution in [1.82, 2.24) is 4.98 Å². The minimum absolute atomic E-state index is 0.603. The highest BCUT2D eigenvalue weighted by Crippen LogP contribution is 2.16. The van der Waals surface area contributed by atoms with Crippen LogP contribution >= 0.6 is 11.8 Å². The molecule has 1 aromatic heterocycles. The van der Waals surface area contributed by atoms with E-state index in [-0.39, 0.29) is 0 Å². The van der Waals surface area contributed by atoms with E-state index in [1.54, 1.807) is 18.0 Å². The van der Waals surface area contributed by atoms with E-state index < -0.39 is 0 Å². The Morgan fingerprint density at radius 2 is 2.43 bits per heavy atom. The molecule has 5 heteroatoms. The summed E-state index contributed by atoms with van der Waals surface area (Å²) in [5, 5.41) is 4.71. The second kappa shape index (κ2) is 4.32. The van der Waals surface area contributed by atoms with Crippen LogP contribution in [0.5, 0.6) is 5.75 Å². The van der Waals surface area contributed by atoms with Crippen LogP contribution in [0.4, 0.5) is 0 Å². The van der Waals surface area contributed by atoms with Gasteiger partial charge in [0.25, 0.3) is 0 Å². The monoisotopic (exact) mass is 210 g/mol. The molecule has 4 nitrogen and oxygen atoms in total. The lowest BCUT2D eigenvalue weighted by Crippen LogP contribution is -2.05. The quantitative estimate of drug-likeness (QED) is 0.699. The van der Waals surface area contributed by atoms with Gasteiger partial charge in [-0.15, -0.1) is 11.8 Å². The van der Waals surface area contributed by atoms with Crippen LogP contribution in [0.2, 0.25) is 0 Å². The first kappa shape index (κ1) is 9.33. The Hall–Kier alpha value is -1.23. The van der Waals surface area contributed by atoms with Crippen LogP contribution < -0.4 is 4.74 Å². The summed E-state index contributed by atoms with van der Waals surface area (Å²) >= 11 is 1.60. The molecule has 1 aromatic rings. The van der Waals surface area contributed by atoms with Gasteiger partial charge < -0.3 is 9.57 Å². The summed E-state index contributed by atoms with van der Waals surface area (Å²) in [4.78, 5) is 8.99. The lowest BCUT2D eigenvalue weighted by molar-refractivity contribution is 0.173. The number of thioether (sulfide) groups is 1. The topological polar surface area (TPSA) is 43.7 Å². The molecule has 0 fully saturated rings. The molecule has 0 amide bonds. The molecule has 0 aliphatic carbocycles. The van der Waals surface area contributed by atoms with Gasteiger partial charge in [0.05, 0.1) is 17.6 Å². The first-order valence-electron chi connectivity index (χ1n) is 4.25. The molecule has 0 unspecified atom stereocenters. The van der Waals surface area contributed by atoms with Crippen molar-refractivity contribution < 1.29 is 9.57 Å². The molecule has 1 aliphatic rings. The molecule has 2 rings (SSSR count). The fraction of sp³-hybridized carbons (Fsp3) is 0.333. The number of hydrogen-bond donors (Lipinski definition) is 0. The van der Waals surface area contributed by atoms with E-state index in [1.807, 2.05) is 18.4 Å². The molecule has 1 aliphatic heterocycles. The van der Waals surface area contributed by atoms with Crippen LogP contribution in [0.25, 0.3) is 0 Å². The summed E-state index contributed by atoms with van der Waals surface area (Å²) in [6.07, 6.45) is 4.40. The molecule has 74 valence electrons.